The molecule has 1 heterocycles. The van der Waals surface area contributed by atoms with Crippen LogP contribution in [-0.4, -0.2) is 30.6 Å². The van der Waals surface area contributed by atoms with Gasteiger partial charge in [-0.05, 0) is 56.0 Å². The predicted octanol–water partition coefficient (Wildman–Crippen LogP) is 4.50. The molecule has 0 spiro atoms. The summed E-state index contributed by atoms with van der Waals surface area (Å²) in [4.78, 5) is 2.68. The lowest BCUT2D eigenvalue weighted by Gasteiger charge is -2.29. The van der Waals surface area contributed by atoms with Crippen LogP contribution in [0.25, 0.3) is 0 Å². The van der Waals surface area contributed by atoms with Gasteiger partial charge < -0.3 is 10.2 Å². The normalized spacial score (nSPS) is 21.1. The molecule has 2 nitrogen and oxygen atoms in total. The van der Waals surface area contributed by atoms with Gasteiger partial charge in [0, 0.05) is 23.7 Å². The van der Waals surface area contributed by atoms with Crippen LogP contribution in [0.4, 0.5) is 0 Å². The maximum Gasteiger partial charge on any atom is 0.0409 e. The molecule has 0 bridgehead atoms. The molecule has 1 aromatic rings. The van der Waals surface area contributed by atoms with Crippen LogP contribution in [0.5, 0.6) is 0 Å². The highest BCUT2D eigenvalue weighted by atomic mass is 35.5. The van der Waals surface area contributed by atoms with Crippen LogP contribution in [-0.2, 0) is 0 Å². The van der Waals surface area contributed by atoms with Gasteiger partial charge >= 0.3 is 0 Å². The van der Waals surface area contributed by atoms with Gasteiger partial charge in [0.15, 0.2) is 0 Å². The van der Waals surface area contributed by atoms with Gasteiger partial charge in [-0.25, -0.2) is 0 Å². The van der Waals surface area contributed by atoms with Crippen LogP contribution < -0.4 is 5.32 Å². The molecule has 118 valence electrons. The summed E-state index contributed by atoms with van der Waals surface area (Å²) >= 11 is 6.14. The summed E-state index contributed by atoms with van der Waals surface area (Å²) in [5, 5.41) is 4.44. The third-order valence-electron chi connectivity index (χ3n) is 4.59. The summed E-state index contributed by atoms with van der Waals surface area (Å²) < 4.78 is 0. The molecule has 1 aromatic carbocycles. The Kier molecular flexibility index (Phi) is 6.53. The number of nitrogens with zero attached hydrogens (tertiary/aromatic N) is 1. The summed E-state index contributed by atoms with van der Waals surface area (Å²) in [7, 11) is 0. The first-order chi connectivity index (χ1) is 10.1. The van der Waals surface area contributed by atoms with Crippen molar-refractivity contribution in [2.24, 2.45) is 5.92 Å². The van der Waals surface area contributed by atoms with E-state index in [-0.39, 0.29) is 0 Å². The predicted molar refractivity (Wildman–Crippen MR) is 91.9 cm³/mol. The molecule has 0 aliphatic carbocycles. The lowest BCUT2D eigenvalue weighted by Crippen LogP contribution is -2.36. The number of nitrogens with one attached hydrogen (secondary N) is 1. The SMILES string of the molecule is CCNC(CCN1CCCC1C(C)C)c1cccc(Cl)c1. The monoisotopic (exact) mass is 308 g/mol. The number of benzene rings is 1. The average molecular weight is 309 g/mol. The second-order valence-electron chi connectivity index (χ2n) is 6.44. The average Bonchev–Trinajstić information content (AvgIpc) is 2.92. The van der Waals surface area contributed by atoms with E-state index in [1.807, 2.05) is 6.07 Å². The van der Waals surface area contributed by atoms with E-state index in [1.54, 1.807) is 0 Å². The first kappa shape index (κ1) is 16.8. The van der Waals surface area contributed by atoms with E-state index in [0.717, 1.165) is 29.9 Å². The van der Waals surface area contributed by atoms with Crippen LogP contribution >= 0.6 is 11.6 Å². The van der Waals surface area contributed by atoms with Crippen molar-refractivity contribution in [1.82, 2.24) is 10.2 Å². The van der Waals surface area contributed by atoms with Crippen molar-refractivity contribution < 1.29 is 0 Å². The third-order valence-corrected chi connectivity index (χ3v) is 4.83. The Balaban J connectivity index is 1.97. The Labute approximate surface area is 134 Å². The molecule has 21 heavy (non-hydrogen) atoms. The molecule has 1 aliphatic rings. The van der Waals surface area contributed by atoms with Crippen LogP contribution in [0.3, 0.4) is 0 Å². The van der Waals surface area contributed by atoms with Gasteiger partial charge in [0.2, 0.25) is 0 Å². The minimum atomic E-state index is 0.405. The minimum absolute atomic E-state index is 0.405. The first-order valence-electron chi connectivity index (χ1n) is 8.34. The number of likely N-dealkylation sites (tertiary alicyclic amines) is 1. The Bertz CT molecular complexity index is 433. The quantitative estimate of drug-likeness (QED) is 0.798. The fourth-order valence-electron chi connectivity index (χ4n) is 3.54. The third kappa shape index (κ3) is 4.70. The van der Waals surface area contributed by atoms with Gasteiger partial charge in [0.25, 0.3) is 0 Å². The molecule has 1 saturated heterocycles. The van der Waals surface area contributed by atoms with E-state index in [1.165, 1.54) is 31.5 Å². The zero-order valence-electron chi connectivity index (χ0n) is 13.6. The first-order valence-corrected chi connectivity index (χ1v) is 8.72. The lowest BCUT2D eigenvalue weighted by molar-refractivity contribution is 0.197. The second kappa shape index (κ2) is 8.17. The maximum absolute atomic E-state index is 6.14. The number of rotatable bonds is 7. The highest BCUT2D eigenvalue weighted by Crippen LogP contribution is 2.26. The smallest absolute Gasteiger partial charge is 0.0409 e. The van der Waals surface area contributed by atoms with Crippen LogP contribution in [0.15, 0.2) is 24.3 Å². The summed E-state index contributed by atoms with van der Waals surface area (Å²) in [5.41, 5.74) is 1.31. The van der Waals surface area contributed by atoms with E-state index < -0.39 is 0 Å². The van der Waals surface area contributed by atoms with Crippen molar-refractivity contribution >= 4 is 11.6 Å². The van der Waals surface area contributed by atoms with Gasteiger partial charge in [-0.1, -0.05) is 44.5 Å². The van der Waals surface area contributed by atoms with Crippen molar-refractivity contribution in [3.8, 4) is 0 Å². The molecule has 0 radical (unpaired) electrons. The summed E-state index contributed by atoms with van der Waals surface area (Å²) in [6.07, 6.45) is 3.87. The molecule has 3 heteroatoms. The molecule has 1 aliphatic heterocycles. The van der Waals surface area contributed by atoms with Crippen molar-refractivity contribution in [2.75, 3.05) is 19.6 Å². The zero-order chi connectivity index (χ0) is 15.2. The number of hydrogen-bond acceptors (Lipinski definition) is 2. The largest absolute Gasteiger partial charge is 0.310 e. The standard InChI is InChI=1S/C18H29ClN2/c1-4-20-17(15-7-5-8-16(19)13-15)10-12-21-11-6-9-18(21)14(2)3/h5,7-8,13-14,17-18,20H,4,6,9-12H2,1-3H3. The Morgan fingerprint density at radius 1 is 1.38 bits per heavy atom. The molecular weight excluding hydrogens is 280 g/mol. The maximum atomic E-state index is 6.14. The molecule has 0 aromatic heterocycles. The molecule has 2 atom stereocenters. The van der Waals surface area contributed by atoms with Crippen LogP contribution in [0.1, 0.15) is 51.6 Å². The molecule has 2 unspecified atom stereocenters. The summed E-state index contributed by atoms with van der Waals surface area (Å²) in [6.45, 7) is 10.3. The second-order valence-corrected chi connectivity index (χ2v) is 6.88. The van der Waals surface area contributed by atoms with Gasteiger partial charge in [-0.3, -0.25) is 0 Å². The van der Waals surface area contributed by atoms with Gasteiger partial charge in [0.1, 0.15) is 0 Å². The van der Waals surface area contributed by atoms with Crippen molar-refractivity contribution in [3.05, 3.63) is 34.9 Å². The number of hydrogen-bond donors (Lipinski definition) is 1. The van der Waals surface area contributed by atoms with Gasteiger partial charge in [0.05, 0.1) is 0 Å². The molecular formula is C18H29ClN2. The summed E-state index contributed by atoms with van der Waals surface area (Å²) in [5.74, 6) is 0.760. The summed E-state index contributed by atoms with van der Waals surface area (Å²) in [6, 6.07) is 9.45. The molecule has 2 rings (SSSR count). The Morgan fingerprint density at radius 2 is 2.19 bits per heavy atom. The molecule has 1 fully saturated rings. The molecule has 0 amide bonds. The Morgan fingerprint density at radius 3 is 2.86 bits per heavy atom. The van der Waals surface area contributed by atoms with Crippen molar-refractivity contribution in [1.29, 1.82) is 0 Å². The molecule has 1 N–H and O–H groups in total. The van der Waals surface area contributed by atoms with E-state index in [0.29, 0.717) is 6.04 Å². The van der Waals surface area contributed by atoms with Crippen molar-refractivity contribution in [3.63, 3.8) is 0 Å². The Hall–Kier alpha value is -0.570. The van der Waals surface area contributed by atoms with Gasteiger partial charge in [-0.15, -0.1) is 0 Å². The number of halogens is 1. The van der Waals surface area contributed by atoms with E-state index in [9.17, 15) is 0 Å². The lowest BCUT2D eigenvalue weighted by atomic mass is 10.00. The van der Waals surface area contributed by atoms with Crippen LogP contribution in [0, 0.1) is 5.92 Å². The van der Waals surface area contributed by atoms with E-state index in [4.69, 9.17) is 11.6 Å². The zero-order valence-corrected chi connectivity index (χ0v) is 14.4. The fourth-order valence-corrected chi connectivity index (χ4v) is 3.73. The van der Waals surface area contributed by atoms with Gasteiger partial charge in [-0.2, -0.15) is 0 Å². The highest BCUT2D eigenvalue weighted by molar-refractivity contribution is 6.30. The van der Waals surface area contributed by atoms with Crippen LogP contribution in [0.2, 0.25) is 5.02 Å². The minimum Gasteiger partial charge on any atom is -0.310 e. The topological polar surface area (TPSA) is 15.3 Å². The fraction of sp³-hybridized carbons (Fsp3) is 0.667. The van der Waals surface area contributed by atoms with Crippen molar-refractivity contribution in [2.45, 2.75) is 52.1 Å². The van der Waals surface area contributed by atoms with E-state index >= 15 is 0 Å². The van der Waals surface area contributed by atoms with E-state index in [2.05, 4.69) is 49.2 Å². The molecule has 0 saturated carbocycles. The highest BCUT2D eigenvalue weighted by Gasteiger charge is 2.27.